The van der Waals surface area contributed by atoms with Crippen molar-refractivity contribution < 1.29 is 0 Å². The molecule has 16 heavy (non-hydrogen) atoms. The van der Waals surface area contributed by atoms with Crippen molar-refractivity contribution in [3.8, 4) is 0 Å². The molecule has 1 aliphatic carbocycles. The minimum absolute atomic E-state index is 0.370. The lowest BCUT2D eigenvalue weighted by molar-refractivity contribution is 0.126. The molecule has 88 valence electrons. The van der Waals surface area contributed by atoms with Crippen LogP contribution in [0.1, 0.15) is 58.4 Å². The van der Waals surface area contributed by atoms with E-state index in [1.807, 2.05) is 0 Å². The quantitative estimate of drug-likeness (QED) is 0.624. The molecule has 0 aliphatic heterocycles. The SMILES string of the molecule is CC(C)(C)C1(c2ccccc2)CCCCC1. The fraction of sp³-hybridized carbons (Fsp3) is 0.625. The number of rotatable bonds is 1. The van der Waals surface area contributed by atoms with Crippen molar-refractivity contribution in [2.24, 2.45) is 5.41 Å². The van der Waals surface area contributed by atoms with Gasteiger partial charge in [0, 0.05) is 5.41 Å². The Balaban J connectivity index is 2.42. The van der Waals surface area contributed by atoms with E-state index < -0.39 is 0 Å². The van der Waals surface area contributed by atoms with E-state index >= 15 is 0 Å². The summed E-state index contributed by atoms with van der Waals surface area (Å²) in [6.07, 6.45) is 6.93. The van der Waals surface area contributed by atoms with Crippen molar-refractivity contribution in [2.45, 2.75) is 58.3 Å². The van der Waals surface area contributed by atoms with Gasteiger partial charge in [0.15, 0.2) is 0 Å². The Hall–Kier alpha value is -0.780. The van der Waals surface area contributed by atoms with Crippen LogP contribution in [0.5, 0.6) is 0 Å². The van der Waals surface area contributed by atoms with Crippen LogP contribution in [-0.4, -0.2) is 0 Å². The molecule has 0 unspecified atom stereocenters. The molecule has 2 rings (SSSR count). The first kappa shape index (κ1) is 11.7. The predicted octanol–water partition coefficient (Wildman–Crippen LogP) is 4.93. The Morgan fingerprint density at radius 3 is 1.94 bits per heavy atom. The molecule has 0 heteroatoms. The van der Waals surface area contributed by atoms with E-state index in [9.17, 15) is 0 Å². The molecule has 1 aromatic rings. The van der Waals surface area contributed by atoms with Gasteiger partial charge in [-0.15, -0.1) is 0 Å². The largest absolute Gasteiger partial charge is 0.0622 e. The number of hydrogen-bond donors (Lipinski definition) is 0. The molecule has 1 saturated carbocycles. The monoisotopic (exact) mass is 216 g/mol. The highest BCUT2D eigenvalue weighted by atomic mass is 14.5. The third-order valence-corrected chi connectivity index (χ3v) is 4.47. The number of hydrogen-bond acceptors (Lipinski definition) is 0. The minimum Gasteiger partial charge on any atom is -0.0622 e. The van der Waals surface area contributed by atoms with Gasteiger partial charge in [0.1, 0.15) is 0 Å². The van der Waals surface area contributed by atoms with Crippen molar-refractivity contribution in [1.82, 2.24) is 0 Å². The molecule has 0 atom stereocenters. The van der Waals surface area contributed by atoms with Crippen molar-refractivity contribution in [3.05, 3.63) is 35.9 Å². The molecule has 0 radical (unpaired) electrons. The molecule has 0 aromatic heterocycles. The van der Waals surface area contributed by atoms with Gasteiger partial charge in [0.2, 0.25) is 0 Å². The van der Waals surface area contributed by atoms with Gasteiger partial charge < -0.3 is 0 Å². The second-order valence-electron chi connectivity index (χ2n) is 6.26. The first-order chi connectivity index (χ1) is 7.56. The van der Waals surface area contributed by atoms with Crippen LogP contribution in [0.15, 0.2) is 30.3 Å². The van der Waals surface area contributed by atoms with Crippen molar-refractivity contribution in [2.75, 3.05) is 0 Å². The van der Waals surface area contributed by atoms with Crippen LogP contribution in [0, 0.1) is 5.41 Å². The Morgan fingerprint density at radius 2 is 1.44 bits per heavy atom. The first-order valence-electron chi connectivity index (χ1n) is 6.62. The summed E-state index contributed by atoms with van der Waals surface area (Å²) in [5.74, 6) is 0. The van der Waals surface area contributed by atoms with Crippen LogP contribution >= 0.6 is 0 Å². The molecule has 0 nitrogen and oxygen atoms in total. The van der Waals surface area contributed by atoms with Crippen LogP contribution in [0.4, 0.5) is 0 Å². The highest BCUT2D eigenvalue weighted by molar-refractivity contribution is 5.28. The molecule has 0 amide bonds. The van der Waals surface area contributed by atoms with Crippen molar-refractivity contribution in [1.29, 1.82) is 0 Å². The maximum absolute atomic E-state index is 2.41. The zero-order valence-electron chi connectivity index (χ0n) is 10.9. The second-order valence-corrected chi connectivity index (χ2v) is 6.26. The molecular weight excluding hydrogens is 192 g/mol. The van der Waals surface area contributed by atoms with Gasteiger partial charge >= 0.3 is 0 Å². The smallest absolute Gasteiger partial charge is 0.000148 e. The van der Waals surface area contributed by atoms with Crippen LogP contribution in [0.25, 0.3) is 0 Å². The van der Waals surface area contributed by atoms with Crippen LogP contribution in [0.3, 0.4) is 0 Å². The Labute approximate surface area is 100 Å². The summed E-state index contributed by atoms with van der Waals surface area (Å²) < 4.78 is 0. The lowest BCUT2D eigenvalue weighted by Crippen LogP contribution is -2.41. The Bertz CT molecular complexity index is 323. The summed E-state index contributed by atoms with van der Waals surface area (Å²) in [6.45, 7) is 7.22. The first-order valence-corrected chi connectivity index (χ1v) is 6.62. The summed E-state index contributed by atoms with van der Waals surface area (Å²) in [7, 11) is 0. The minimum atomic E-state index is 0.370. The second kappa shape index (κ2) is 4.24. The normalized spacial score (nSPS) is 20.7. The maximum Gasteiger partial charge on any atom is 0.000148 e. The van der Waals surface area contributed by atoms with Crippen LogP contribution in [0.2, 0.25) is 0 Å². The average Bonchev–Trinajstić information content (AvgIpc) is 2.30. The summed E-state index contributed by atoms with van der Waals surface area (Å²) in [4.78, 5) is 0. The van der Waals surface area contributed by atoms with Gasteiger partial charge in [0.05, 0.1) is 0 Å². The van der Waals surface area contributed by atoms with E-state index in [1.54, 1.807) is 5.56 Å². The zero-order valence-corrected chi connectivity index (χ0v) is 10.9. The van der Waals surface area contributed by atoms with Crippen LogP contribution in [-0.2, 0) is 5.41 Å². The van der Waals surface area contributed by atoms with Crippen molar-refractivity contribution in [3.63, 3.8) is 0 Å². The van der Waals surface area contributed by atoms with Gasteiger partial charge in [-0.1, -0.05) is 70.4 Å². The van der Waals surface area contributed by atoms with E-state index in [0.717, 1.165) is 0 Å². The molecule has 0 bridgehead atoms. The van der Waals surface area contributed by atoms with E-state index in [0.29, 0.717) is 10.8 Å². The van der Waals surface area contributed by atoms with E-state index in [4.69, 9.17) is 0 Å². The lowest BCUT2D eigenvalue weighted by atomic mass is 9.56. The summed E-state index contributed by atoms with van der Waals surface area (Å²) >= 11 is 0. The summed E-state index contributed by atoms with van der Waals surface area (Å²) in [5, 5.41) is 0. The fourth-order valence-electron chi connectivity index (χ4n) is 3.38. The molecule has 0 saturated heterocycles. The maximum atomic E-state index is 2.41. The lowest BCUT2D eigenvalue weighted by Gasteiger charge is -2.48. The standard InChI is InChI=1S/C16H24/c1-15(2,3)16(12-8-5-9-13-16)14-10-6-4-7-11-14/h4,6-7,10-11H,5,8-9,12-13H2,1-3H3. The average molecular weight is 216 g/mol. The van der Waals surface area contributed by atoms with E-state index in [1.165, 1.54) is 32.1 Å². The molecule has 1 aliphatic rings. The molecule has 1 fully saturated rings. The Morgan fingerprint density at radius 1 is 0.875 bits per heavy atom. The number of benzene rings is 1. The van der Waals surface area contributed by atoms with Gasteiger partial charge in [-0.3, -0.25) is 0 Å². The molecule has 1 aromatic carbocycles. The molecular formula is C16H24. The predicted molar refractivity (Wildman–Crippen MR) is 70.7 cm³/mol. The molecule has 0 N–H and O–H groups in total. The zero-order chi connectivity index (χ0) is 11.6. The summed E-state index contributed by atoms with van der Waals surface area (Å²) in [5.41, 5.74) is 2.34. The van der Waals surface area contributed by atoms with Crippen LogP contribution < -0.4 is 0 Å². The third-order valence-electron chi connectivity index (χ3n) is 4.47. The van der Waals surface area contributed by atoms with E-state index in [2.05, 4.69) is 51.1 Å². The third kappa shape index (κ3) is 1.90. The fourth-order valence-corrected chi connectivity index (χ4v) is 3.38. The van der Waals surface area contributed by atoms with Gasteiger partial charge in [-0.2, -0.15) is 0 Å². The summed E-state index contributed by atoms with van der Waals surface area (Å²) in [6, 6.07) is 11.2. The van der Waals surface area contributed by atoms with Gasteiger partial charge in [0.25, 0.3) is 0 Å². The molecule has 0 spiro atoms. The molecule has 0 heterocycles. The highest BCUT2D eigenvalue weighted by Crippen LogP contribution is 2.51. The van der Waals surface area contributed by atoms with Gasteiger partial charge in [-0.25, -0.2) is 0 Å². The van der Waals surface area contributed by atoms with Gasteiger partial charge in [-0.05, 0) is 23.8 Å². The highest BCUT2D eigenvalue weighted by Gasteiger charge is 2.43. The van der Waals surface area contributed by atoms with Crippen molar-refractivity contribution >= 4 is 0 Å². The topological polar surface area (TPSA) is 0 Å². The van der Waals surface area contributed by atoms with E-state index in [-0.39, 0.29) is 0 Å². The Kier molecular flexibility index (Phi) is 3.10.